The van der Waals surface area contributed by atoms with Crippen LogP contribution in [0.15, 0.2) is 0 Å². The fourth-order valence-electron chi connectivity index (χ4n) is 3.25. The molecule has 2 heterocycles. The summed E-state index contributed by atoms with van der Waals surface area (Å²) in [6, 6.07) is 0.611. The summed E-state index contributed by atoms with van der Waals surface area (Å²) in [6.45, 7) is 9.54. The predicted molar refractivity (Wildman–Crippen MR) is 77.3 cm³/mol. The van der Waals surface area contributed by atoms with Crippen LogP contribution in [0.2, 0.25) is 0 Å². The Kier molecular flexibility index (Phi) is 6.07. The SMILES string of the molecule is CC(O)CCNC1CCN(CC2CCCO2)CC1C. The van der Waals surface area contributed by atoms with E-state index in [2.05, 4.69) is 17.1 Å². The zero-order valence-electron chi connectivity index (χ0n) is 12.5. The third kappa shape index (κ3) is 5.03. The van der Waals surface area contributed by atoms with Gasteiger partial charge in [-0.2, -0.15) is 0 Å². The number of likely N-dealkylation sites (tertiary alicyclic amines) is 1. The van der Waals surface area contributed by atoms with Gasteiger partial charge in [0.15, 0.2) is 0 Å². The van der Waals surface area contributed by atoms with E-state index in [-0.39, 0.29) is 6.10 Å². The highest BCUT2D eigenvalue weighted by Crippen LogP contribution is 2.20. The largest absolute Gasteiger partial charge is 0.393 e. The van der Waals surface area contributed by atoms with Crippen molar-refractivity contribution in [1.29, 1.82) is 0 Å². The Morgan fingerprint density at radius 3 is 2.89 bits per heavy atom. The molecule has 0 radical (unpaired) electrons. The van der Waals surface area contributed by atoms with Crippen molar-refractivity contribution >= 4 is 0 Å². The molecular formula is C15H30N2O2. The van der Waals surface area contributed by atoms with Crippen molar-refractivity contribution in [3.8, 4) is 0 Å². The topological polar surface area (TPSA) is 44.7 Å². The molecule has 2 N–H and O–H groups in total. The summed E-state index contributed by atoms with van der Waals surface area (Å²) in [6.07, 6.45) is 4.82. The highest BCUT2D eigenvalue weighted by molar-refractivity contribution is 4.84. The average Bonchev–Trinajstić information content (AvgIpc) is 2.84. The van der Waals surface area contributed by atoms with Crippen molar-refractivity contribution < 1.29 is 9.84 Å². The first-order valence-electron chi connectivity index (χ1n) is 7.90. The average molecular weight is 270 g/mol. The molecule has 2 fully saturated rings. The first kappa shape index (κ1) is 15.2. The fraction of sp³-hybridized carbons (Fsp3) is 1.00. The summed E-state index contributed by atoms with van der Waals surface area (Å²) in [5.74, 6) is 0.684. The van der Waals surface area contributed by atoms with Gasteiger partial charge in [-0.15, -0.1) is 0 Å². The molecule has 2 aliphatic rings. The molecule has 0 saturated carbocycles. The first-order chi connectivity index (χ1) is 9.15. The maximum atomic E-state index is 9.29. The number of piperidine rings is 1. The van der Waals surface area contributed by atoms with Crippen molar-refractivity contribution in [2.24, 2.45) is 5.92 Å². The van der Waals surface area contributed by atoms with Gasteiger partial charge in [0.05, 0.1) is 12.2 Å². The molecule has 2 saturated heterocycles. The van der Waals surface area contributed by atoms with Crippen molar-refractivity contribution in [1.82, 2.24) is 10.2 Å². The predicted octanol–water partition coefficient (Wildman–Crippen LogP) is 1.24. The van der Waals surface area contributed by atoms with E-state index in [1.165, 1.54) is 32.4 Å². The molecule has 0 aliphatic carbocycles. The van der Waals surface area contributed by atoms with E-state index >= 15 is 0 Å². The first-order valence-corrected chi connectivity index (χ1v) is 7.90. The maximum Gasteiger partial charge on any atom is 0.0702 e. The van der Waals surface area contributed by atoms with Crippen molar-refractivity contribution in [2.45, 2.75) is 57.8 Å². The lowest BCUT2D eigenvalue weighted by Crippen LogP contribution is -2.50. The van der Waals surface area contributed by atoms with Gasteiger partial charge in [-0.05, 0) is 51.6 Å². The van der Waals surface area contributed by atoms with Crippen LogP contribution in [0.4, 0.5) is 0 Å². The summed E-state index contributed by atoms with van der Waals surface area (Å²) in [7, 11) is 0. The zero-order valence-corrected chi connectivity index (χ0v) is 12.5. The van der Waals surface area contributed by atoms with E-state index in [0.29, 0.717) is 18.1 Å². The van der Waals surface area contributed by atoms with Crippen LogP contribution in [-0.4, -0.2) is 61.0 Å². The van der Waals surface area contributed by atoms with E-state index in [0.717, 1.165) is 26.1 Å². The molecule has 0 aromatic carbocycles. The van der Waals surface area contributed by atoms with Gasteiger partial charge in [0.1, 0.15) is 0 Å². The Bertz CT molecular complexity index is 255. The number of nitrogens with zero attached hydrogens (tertiary/aromatic N) is 1. The smallest absolute Gasteiger partial charge is 0.0702 e. The van der Waals surface area contributed by atoms with Crippen molar-refractivity contribution in [3.05, 3.63) is 0 Å². The maximum absolute atomic E-state index is 9.29. The molecule has 0 aromatic rings. The molecule has 112 valence electrons. The van der Waals surface area contributed by atoms with Crippen LogP contribution in [0.1, 0.15) is 39.5 Å². The van der Waals surface area contributed by atoms with Crippen molar-refractivity contribution in [3.63, 3.8) is 0 Å². The fourth-order valence-corrected chi connectivity index (χ4v) is 3.25. The van der Waals surface area contributed by atoms with Gasteiger partial charge in [0, 0.05) is 25.7 Å². The molecule has 2 aliphatic heterocycles. The summed E-state index contributed by atoms with van der Waals surface area (Å²) in [4.78, 5) is 2.56. The minimum absolute atomic E-state index is 0.192. The van der Waals surface area contributed by atoms with Gasteiger partial charge in [-0.3, -0.25) is 0 Å². The second-order valence-electron chi connectivity index (χ2n) is 6.36. The lowest BCUT2D eigenvalue weighted by molar-refractivity contribution is 0.0509. The molecule has 2 rings (SSSR count). The van der Waals surface area contributed by atoms with Gasteiger partial charge < -0.3 is 20.1 Å². The van der Waals surface area contributed by atoms with Crippen LogP contribution >= 0.6 is 0 Å². The Balaban J connectivity index is 1.65. The highest BCUT2D eigenvalue weighted by atomic mass is 16.5. The van der Waals surface area contributed by atoms with Gasteiger partial charge >= 0.3 is 0 Å². The Labute approximate surface area is 117 Å². The zero-order chi connectivity index (χ0) is 13.7. The van der Waals surface area contributed by atoms with Crippen LogP contribution in [0.25, 0.3) is 0 Å². The van der Waals surface area contributed by atoms with Crippen LogP contribution in [0.5, 0.6) is 0 Å². The number of aliphatic hydroxyl groups excluding tert-OH is 1. The van der Waals surface area contributed by atoms with Crippen LogP contribution < -0.4 is 5.32 Å². The minimum Gasteiger partial charge on any atom is -0.393 e. The molecule has 0 amide bonds. The number of aliphatic hydroxyl groups is 1. The summed E-state index contributed by atoms with van der Waals surface area (Å²) in [5, 5.41) is 12.9. The lowest BCUT2D eigenvalue weighted by atomic mass is 9.93. The normalized spacial score (nSPS) is 34.6. The van der Waals surface area contributed by atoms with E-state index in [1.807, 2.05) is 6.92 Å². The third-order valence-electron chi connectivity index (χ3n) is 4.44. The Hall–Kier alpha value is -0.160. The highest BCUT2D eigenvalue weighted by Gasteiger charge is 2.28. The monoisotopic (exact) mass is 270 g/mol. The molecule has 0 aromatic heterocycles. The molecule has 4 unspecified atom stereocenters. The number of nitrogens with one attached hydrogen (secondary N) is 1. The van der Waals surface area contributed by atoms with Crippen molar-refractivity contribution in [2.75, 3.05) is 32.8 Å². The Morgan fingerprint density at radius 2 is 2.26 bits per heavy atom. The third-order valence-corrected chi connectivity index (χ3v) is 4.44. The van der Waals surface area contributed by atoms with E-state index in [4.69, 9.17) is 4.74 Å². The number of ether oxygens (including phenoxy) is 1. The number of rotatable bonds is 6. The van der Waals surface area contributed by atoms with E-state index < -0.39 is 0 Å². The standard InChI is InChI=1S/C15H30N2O2/c1-12-10-17(11-14-4-3-9-19-14)8-6-15(12)16-7-5-13(2)18/h12-16,18H,3-11H2,1-2H3. The van der Waals surface area contributed by atoms with E-state index in [9.17, 15) is 5.11 Å². The summed E-state index contributed by atoms with van der Waals surface area (Å²) in [5.41, 5.74) is 0. The minimum atomic E-state index is -0.192. The number of hydrogen-bond donors (Lipinski definition) is 2. The lowest BCUT2D eigenvalue weighted by Gasteiger charge is -2.38. The molecule has 4 nitrogen and oxygen atoms in total. The number of hydrogen-bond acceptors (Lipinski definition) is 4. The summed E-state index contributed by atoms with van der Waals surface area (Å²) < 4.78 is 5.72. The quantitative estimate of drug-likeness (QED) is 0.762. The van der Waals surface area contributed by atoms with Crippen LogP contribution in [-0.2, 0) is 4.74 Å². The second kappa shape index (κ2) is 7.58. The molecule has 0 spiro atoms. The van der Waals surface area contributed by atoms with Crippen LogP contribution in [0, 0.1) is 5.92 Å². The molecule has 4 atom stereocenters. The van der Waals surface area contributed by atoms with E-state index in [1.54, 1.807) is 0 Å². The second-order valence-corrected chi connectivity index (χ2v) is 6.36. The van der Waals surface area contributed by atoms with Crippen LogP contribution in [0.3, 0.4) is 0 Å². The van der Waals surface area contributed by atoms with Gasteiger partial charge in [0.2, 0.25) is 0 Å². The van der Waals surface area contributed by atoms with Gasteiger partial charge in [0.25, 0.3) is 0 Å². The summed E-state index contributed by atoms with van der Waals surface area (Å²) >= 11 is 0. The van der Waals surface area contributed by atoms with Gasteiger partial charge in [-0.25, -0.2) is 0 Å². The molecule has 19 heavy (non-hydrogen) atoms. The van der Waals surface area contributed by atoms with Gasteiger partial charge in [-0.1, -0.05) is 6.92 Å². The molecular weight excluding hydrogens is 240 g/mol. The Morgan fingerprint density at radius 1 is 1.42 bits per heavy atom. The molecule has 0 bridgehead atoms. The molecule has 4 heteroatoms.